The number of rotatable bonds is 11. The minimum atomic E-state index is 0.272. The molecular weight excluding hydrogens is 385 g/mol. The lowest BCUT2D eigenvalue weighted by Crippen LogP contribution is -2.17. The quantitative estimate of drug-likeness (QED) is 0.496. The van der Waals surface area contributed by atoms with Crippen molar-refractivity contribution in [2.24, 2.45) is 0 Å². The topological polar surface area (TPSA) is 39.7 Å². The van der Waals surface area contributed by atoms with E-state index >= 15 is 0 Å². The second-order valence-corrected chi connectivity index (χ2v) is 7.32. The molecule has 0 bridgehead atoms. The zero-order chi connectivity index (χ0) is 19.6. The molecule has 0 heterocycles. The smallest absolute Gasteiger partial charge is 0.180 e. The SMILES string of the molecule is COc1cc(CNCCCOC(C)C)cc(Cl)c1OCc1ccc(Cl)cc1. The number of hydrogen-bond donors (Lipinski definition) is 1. The van der Waals surface area contributed by atoms with Gasteiger partial charge in [0.2, 0.25) is 0 Å². The Labute approximate surface area is 171 Å². The van der Waals surface area contributed by atoms with Crippen LogP contribution in [-0.4, -0.2) is 26.4 Å². The first-order valence-electron chi connectivity index (χ1n) is 9.05. The fourth-order valence-corrected chi connectivity index (χ4v) is 2.91. The molecule has 0 atom stereocenters. The highest BCUT2D eigenvalue weighted by Crippen LogP contribution is 2.37. The van der Waals surface area contributed by atoms with E-state index in [-0.39, 0.29) is 6.10 Å². The van der Waals surface area contributed by atoms with Crippen LogP contribution in [0.5, 0.6) is 11.5 Å². The van der Waals surface area contributed by atoms with Gasteiger partial charge in [-0.05, 0) is 62.2 Å². The Morgan fingerprint density at radius 3 is 2.44 bits per heavy atom. The van der Waals surface area contributed by atoms with Gasteiger partial charge in [-0.3, -0.25) is 0 Å². The van der Waals surface area contributed by atoms with E-state index in [2.05, 4.69) is 5.32 Å². The van der Waals surface area contributed by atoms with Crippen LogP contribution in [0.3, 0.4) is 0 Å². The predicted octanol–water partition coefficient (Wildman–Crippen LogP) is 5.49. The highest BCUT2D eigenvalue weighted by Gasteiger charge is 2.12. The first-order chi connectivity index (χ1) is 13.0. The van der Waals surface area contributed by atoms with E-state index in [0.717, 1.165) is 30.7 Å². The maximum atomic E-state index is 6.43. The van der Waals surface area contributed by atoms with Crippen LogP contribution in [0, 0.1) is 0 Å². The summed E-state index contributed by atoms with van der Waals surface area (Å²) in [6.45, 7) is 6.81. The van der Waals surface area contributed by atoms with Crippen LogP contribution in [0.4, 0.5) is 0 Å². The number of benzene rings is 2. The van der Waals surface area contributed by atoms with E-state index in [4.69, 9.17) is 37.4 Å². The van der Waals surface area contributed by atoms with E-state index < -0.39 is 0 Å². The number of hydrogen-bond acceptors (Lipinski definition) is 4. The van der Waals surface area contributed by atoms with Gasteiger partial charge in [0, 0.05) is 18.2 Å². The molecule has 27 heavy (non-hydrogen) atoms. The average molecular weight is 412 g/mol. The molecule has 0 unspecified atom stereocenters. The molecule has 0 aromatic heterocycles. The minimum absolute atomic E-state index is 0.272. The van der Waals surface area contributed by atoms with Gasteiger partial charge in [-0.25, -0.2) is 0 Å². The molecule has 0 amide bonds. The molecule has 0 spiro atoms. The second-order valence-electron chi connectivity index (χ2n) is 6.47. The molecule has 0 aliphatic rings. The lowest BCUT2D eigenvalue weighted by molar-refractivity contribution is 0.0770. The van der Waals surface area contributed by atoms with E-state index in [1.54, 1.807) is 7.11 Å². The Bertz CT molecular complexity index is 705. The molecule has 2 aromatic carbocycles. The normalized spacial score (nSPS) is 11.0. The summed E-state index contributed by atoms with van der Waals surface area (Å²) in [5.74, 6) is 1.17. The number of halogens is 2. The Morgan fingerprint density at radius 1 is 1.04 bits per heavy atom. The van der Waals surface area contributed by atoms with Gasteiger partial charge >= 0.3 is 0 Å². The van der Waals surface area contributed by atoms with Gasteiger partial charge in [-0.2, -0.15) is 0 Å². The molecule has 2 rings (SSSR count). The molecule has 0 radical (unpaired) electrons. The zero-order valence-corrected chi connectivity index (χ0v) is 17.6. The van der Waals surface area contributed by atoms with Gasteiger partial charge in [-0.15, -0.1) is 0 Å². The third kappa shape index (κ3) is 7.59. The van der Waals surface area contributed by atoms with E-state index in [1.807, 2.05) is 50.2 Å². The Balaban J connectivity index is 1.90. The maximum Gasteiger partial charge on any atom is 0.180 e. The van der Waals surface area contributed by atoms with Crippen molar-refractivity contribution in [2.75, 3.05) is 20.3 Å². The van der Waals surface area contributed by atoms with Gasteiger partial charge < -0.3 is 19.5 Å². The molecule has 0 saturated carbocycles. The highest BCUT2D eigenvalue weighted by molar-refractivity contribution is 6.32. The molecule has 0 aliphatic heterocycles. The van der Waals surface area contributed by atoms with E-state index in [0.29, 0.717) is 34.7 Å². The number of methoxy groups -OCH3 is 1. The van der Waals surface area contributed by atoms with Gasteiger partial charge in [0.25, 0.3) is 0 Å². The predicted molar refractivity (Wildman–Crippen MR) is 111 cm³/mol. The molecular formula is C21H27Cl2NO3. The largest absolute Gasteiger partial charge is 0.493 e. The minimum Gasteiger partial charge on any atom is -0.493 e. The lowest BCUT2D eigenvalue weighted by atomic mass is 10.2. The van der Waals surface area contributed by atoms with Crippen LogP contribution < -0.4 is 14.8 Å². The van der Waals surface area contributed by atoms with Gasteiger partial charge in [-0.1, -0.05) is 35.3 Å². The lowest BCUT2D eigenvalue weighted by Gasteiger charge is -2.15. The van der Waals surface area contributed by atoms with E-state index in [9.17, 15) is 0 Å². The second kappa shape index (κ2) is 11.4. The number of nitrogens with one attached hydrogen (secondary N) is 1. The van der Waals surface area contributed by atoms with Crippen LogP contribution in [0.1, 0.15) is 31.4 Å². The Kier molecular flexibility index (Phi) is 9.22. The molecule has 6 heteroatoms. The van der Waals surface area contributed by atoms with Crippen LogP contribution in [0.15, 0.2) is 36.4 Å². The Morgan fingerprint density at radius 2 is 1.78 bits per heavy atom. The van der Waals surface area contributed by atoms with Crippen molar-refractivity contribution in [1.29, 1.82) is 0 Å². The van der Waals surface area contributed by atoms with Crippen molar-refractivity contribution in [3.63, 3.8) is 0 Å². The maximum absolute atomic E-state index is 6.43. The fourth-order valence-electron chi connectivity index (χ4n) is 2.50. The summed E-state index contributed by atoms with van der Waals surface area (Å²) in [5, 5.41) is 4.62. The molecule has 0 fully saturated rings. The summed E-state index contributed by atoms with van der Waals surface area (Å²) in [7, 11) is 1.61. The van der Waals surface area contributed by atoms with Crippen LogP contribution >= 0.6 is 23.2 Å². The Hall–Kier alpha value is -1.46. The standard InChI is InChI=1S/C21H27Cl2NO3/c1-15(2)26-10-4-9-24-13-17-11-19(23)21(20(12-17)25-3)27-14-16-5-7-18(22)8-6-16/h5-8,11-12,15,24H,4,9-10,13-14H2,1-3H3. The summed E-state index contributed by atoms with van der Waals surface area (Å²) in [4.78, 5) is 0. The average Bonchev–Trinajstić information content (AvgIpc) is 2.64. The fraction of sp³-hybridized carbons (Fsp3) is 0.429. The van der Waals surface area contributed by atoms with Crippen molar-refractivity contribution in [3.8, 4) is 11.5 Å². The first-order valence-corrected chi connectivity index (χ1v) is 9.81. The number of ether oxygens (including phenoxy) is 3. The van der Waals surface area contributed by atoms with Gasteiger partial charge in [0.1, 0.15) is 6.61 Å². The molecule has 4 nitrogen and oxygen atoms in total. The van der Waals surface area contributed by atoms with Gasteiger partial charge in [0.15, 0.2) is 11.5 Å². The molecule has 1 N–H and O–H groups in total. The van der Waals surface area contributed by atoms with Gasteiger partial charge in [0.05, 0.1) is 18.2 Å². The molecule has 0 saturated heterocycles. The van der Waals surface area contributed by atoms with Crippen LogP contribution in [0.25, 0.3) is 0 Å². The van der Waals surface area contributed by atoms with Crippen LogP contribution in [0.2, 0.25) is 10.0 Å². The molecule has 2 aromatic rings. The zero-order valence-electron chi connectivity index (χ0n) is 16.1. The van der Waals surface area contributed by atoms with Crippen molar-refractivity contribution < 1.29 is 14.2 Å². The third-order valence-corrected chi connectivity index (χ3v) is 4.40. The highest BCUT2D eigenvalue weighted by atomic mass is 35.5. The van der Waals surface area contributed by atoms with Crippen molar-refractivity contribution in [3.05, 3.63) is 57.6 Å². The summed E-state index contributed by atoms with van der Waals surface area (Å²) < 4.78 is 16.9. The summed E-state index contributed by atoms with van der Waals surface area (Å²) >= 11 is 12.3. The van der Waals surface area contributed by atoms with E-state index in [1.165, 1.54) is 0 Å². The molecule has 0 aliphatic carbocycles. The van der Waals surface area contributed by atoms with Crippen LogP contribution in [-0.2, 0) is 17.9 Å². The first kappa shape index (κ1) is 21.8. The summed E-state index contributed by atoms with van der Waals surface area (Å²) in [6, 6.07) is 11.4. The summed E-state index contributed by atoms with van der Waals surface area (Å²) in [5.41, 5.74) is 2.05. The third-order valence-electron chi connectivity index (χ3n) is 3.86. The summed E-state index contributed by atoms with van der Waals surface area (Å²) in [6.07, 6.45) is 1.24. The monoisotopic (exact) mass is 411 g/mol. The van der Waals surface area contributed by atoms with Crippen molar-refractivity contribution in [1.82, 2.24) is 5.32 Å². The van der Waals surface area contributed by atoms with Crippen molar-refractivity contribution >= 4 is 23.2 Å². The van der Waals surface area contributed by atoms with Crippen molar-refractivity contribution in [2.45, 2.75) is 39.5 Å². The molecule has 148 valence electrons.